The lowest BCUT2D eigenvalue weighted by molar-refractivity contribution is -0.137. The maximum absolute atomic E-state index is 13.6. The van der Waals surface area contributed by atoms with Gasteiger partial charge >= 0.3 is 6.18 Å². The number of halogens is 3. The minimum absolute atomic E-state index is 0.0126. The fourth-order valence-electron chi connectivity index (χ4n) is 4.78. The number of hydrogen-bond donors (Lipinski definition) is 3. The average molecular weight is 516 g/mol. The standard InChI is InChI=1S/C27H32F3N5O2/c1-26(2,3)20-11-13-22(14-12-20)35(24(37)19-5-4-6-21(15-19)27(28,29)30)16-17-7-9-18(10-8-17)23(36)33-25(31)34-32/h4-10,15,20,22,32H,11-14,16H2,1-3H3,(H2,31,33,36). The van der Waals surface area contributed by atoms with E-state index in [4.69, 9.17) is 10.9 Å². The SMILES string of the molecule is CC(C)(C)C1CCC(N(Cc2ccc(C(=O)NC(=N)N=N)cc2)C(=O)c2cccc(C(F)(F)F)c2)CC1. The van der Waals surface area contributed by atoms with E-state index in [-0.39, 0.29) is 29.1 Å². The normalized spacial score (nSPS) is 18.1. The molecule has 1 aliphatic carbocycles. The molecule has 3 rings (SSSR count). The van der Waals surface area contributed by atoms with Crippen LogP contribution in [-0.2, 0) is 12.7 Å². The van der Waals surface area contributed by atoms with E-state index in [1.54, 1.807) is 17.0 Å². The minimum Gasteiger partial charge on any atom is -0.331 e. The fraction of sp³-hybridized carbons (Fsp3) is 0.444. The summed E-state index contributed by atoms with van der Waals surface area (Å²) in [4.78, 5) is 27.4. The number of nitrogens with zero attached hydrogens (tertiary/aromatic N) is 2. The molecule has 10 heteroatoms. The van der Waals surface area contributed by atoms with Gasteiger partial charge < -0.3 is 4.90 Å². The van der Waals surface area contributed by atoms with E-state index >= 15 is 0 Å². The molecule has 37 heavy (non-hydrogen) atoms. The summed E-state index contributed by atoms with van der Waals surface area (Å²) in [6.45, 7) is 6.77. The van der Waals surface area contributed by atoms with Gasteiger partial charge in [-0.3, -0.25) is 20.3 Å². The van der Waals surface area contributed by atoms with E-state index < -0.39 is 29.5 Å². The highest BCUT2D eigenvalue weighted by Gasteiger charge is 2.35. The van der Waals surface area contributed by atoms with Crippen molar-refractivity contribution in [1.82, 2.24) is 10.2 Å². The van der Waals surface area contributed by atoms with Gasteiger partial charge in [0, 0.05) is 23.7 Å². The summed E-state index contributed by atoms with van der Waals surface area (Å²) < 4.78 is 39.9. The Labute approximate surface area is 214 Å². The lowest BCUT2D eigenvalue weighted by Crippen LogP contribution is -2.43. The molecule has 0 aliphatic heterocycles. The van der Waals surface area contributed by atoms with E-state index in [2.05, 4.69) is 31.2 Å². The summed E-state index contributed by atoms with van der Waals surface area (Å²) in [6, 6.07) is 10.8. The first-order chi connectivity index (χ1) is 17.3. The van der Waals surface area contributed by atoms with Gasteiger partial charge in [0.05, 0.1) is 5.56 Å². The molecule has 0 aromatic heterocycles. The summed E-state index contributed by atoms with van der Waals surface area (Å²) in [5.74, 6) is -1.14. The zero-order chi connectivity index (χ0) is 27.4. The zero-order valence-electron chi connectivity index (χ0n) is 21.2. The van der Waals surface area contributed by atoms with E-state index in [1.807, 2.05) is 0 Å². The molecule has 2 aromatic carbocycles. The van der Waals surface area contributed by atoms with E-state index in [0.717, 1.165) is 43.4 Å². The molecule has 0 saturated heterocycles. The van der Waals surface area contributed by atoms with Crippen molar-refractivity contribution in [3.8, 4) is 0 Å². The van der Waals surface area contributed by atoms with Crippen LogP contribution in [-0.4, -0.2) is 28.7 Å². The Balaban J connectivity index is 1.86. The number of carbonyl (C=O) groups is 2. The number of benzene rings is 2. The van der Waals surface area contributed by atoms with Crippen molar-refractivity contribution in [3.63, 3.8) is 0 Å². The Hall–Kier alpha value is -3.56. The summed E-state index contributed by atoms with van der Waals surface area (Å²) in [7, 11) is 0. The Morgan fingerprint density at radius 2 is 1.62 bits per heavy atom. The van der Waals surface area contributed by atoms with Crippen molar-refractivity contribution in [3.05, 3.63) is 70.8 Å². The molecule has 0 spiro atoms. The molecule has 3 N–H and O–H groups in total. The molecule has 7 nitrogen and oxygen atoms in total. The molecule has 0 unspecified atom stereocenters. The molecular weight excluding hydrogens is 483 g/mol. The van der Waals surface area contributed by atoms with E-state index in [0.29, 0.717) is 5.92 Å². The number of guanidine groups is 1. The average Bonchev–Trinajstić information content (AvgIpc) is 2.86. The van der Waals surface area contributed by atoms with Crippen LogP contribution >= 0.6 is 0 Å². The minimum atomic E-state index is -4.55. The molecule has 2 amide bonds. The van der Waals surface area contributed by atoms with E-state index in [9.17, 15) is 22.8 Å². The first kappa shape index (κ1) is 28.0. The summed E-state index contributed by atoms with van der Waals surface area (Å²) in [5.41, 5.74) is 6.99. The second-order valence-corrected chi connectivity index (χ2v) is 10.5. The van der Waals surface area contributed by atoms with Crippen molar-refractivity contribution in [2.24, 2.45) is 16.4 Å². The molecular formula is C27H32F3N5O2. The Morgan fingerprint density at radius 1 is 1.00 bits per heavy atom. The third kappa shape index (κ3) is 7.24. The fourth-order valence-corrected chi connectivity index (χ4v) is 4.78. The third-order valence-electron chi connectivity index (χ3n) is 6.97. The van der Waals surface area contributed by atoms with Crippen molar-refractivity contribution in [2.75, 3.05) is 0 Å². The van der Waals surface area contributed by atoms with Gasteiger partial charge in [0.2, 0.25) is 5.96 Å². The van der Waals surface area contributed by atoms with Gasteiger partial charge in [0.1, 0.15) is 0 Å². The predicted molar refractivity (Wildman–Crippen MR) is 133 cm³/mol. The topological polar surface area (TPSA) is 109 Å². The van der Waals surface area contributed by atoms with Gasteiger partial charge in [0.15, 0.2) is 0 Å². The molecule has 1 saturated carbocycles. The Kier molecular flexibility index (Phi) is 8.50. The molecule has 0 bridgehead atoms. The van der Waals surface area contributed by atoms with Gasteiger partial charge in [-0.1, -0.05) is 39.0 Å². The number of nitrogens with one attached hydrogen (secondary N) is 3. The van der Waals surface area contributed by atoms with Crippen LogP contribution in [0, 0.1) is 22.3 Å². The molecule has 2 aromatic rings. The first-order valence-electron chi connectivity index (χ1n) is 12.1. The highest BCUT2D eigenvalue weighted by molar-refractivity contribution is 6.04. The number of amides is 2. The van der Waals surface area contributed by atoms with Crippen LogP contribution in [0.3, 0.4) is 0 Å². The number of hydrogen-bond acceptors (Lipinski definition) is 4. The van der Waals surface area contributed by atoms with Crippen LogP contribution in [0.1, 0.15) is 78.3 Å². The van der Waals surface area contributed by atoms with Crippen LogP contribution in [0.2, 0.25) is 0 Å². The van der Waals surface area contributed by atoms with Crippen molar-refractivity contribution < 1.29 is 22.8 Å². The molecule has 0 radical (unpaired) electrons. The second kappa shape index (κ2) is 11.2. The van der Waals surface area contributed by atoms with Gasteiger partial charge in [0.25, 0.3) is 11.8 Å². The van der Waals surface area contributed by atoms with Crippen LogP contribution in [0.15, 0.2) is 53.6 Å². The van der Waals surface area contributed by atoms with Gasteiger partial charge in [-0.05, 0) is 72.9 Å². The Bertz CT molecular complexity index is 1150. The number of alkyl halides is 3. The largest absolute Gasteiger partial charge is 0.416 e. The lowest BCUT2D eigenvalue weighted by Gasteiger charge is -2.41. The number of rotatable bonds is 5. The van der Waals surface area contributed by atoms with Gasteiger partial charge in [-0.25, -0.2) is 5.53 Å². The first-order valence-corrected chi connectivity index (χ1v) is 12.1. The quantitative estimate of drug-likeness (QED) is 0.235. The van der Waals surface area contributed by atoms with Crippen molar-refractivity contribution in [1.29, 1.82) is 10.9 Å². The summed E-state index contributed by atoms with van der Waals surface area (Å²) in [5, 5.41) is 12.3. The Morgan fingerprint density at radius 3 is 2.16 bits per heavy atom. The molecule has 1 fully saturated rings. The molecule has 0 atom stereocenters. The monoisotopic (exact) mass is 515 g/mol. The van der Waals surface area contributed by atoms with Crippen molar-refractivity contribution >= 4 is 17.8 Å². The third-order valence-corrected chi connectivity index (χ3v) is 6.97. The van der Waals surface area contributed by atoms with E-state index in [1.165, 1.54) is 24.3 Å². The maximum Gasteiger partial charge on any atom is 0.416 e. The molecule has 1 aliphatic rings. The number of carbonyl (C=O) groups excluding carboxylic acids is 2. The van der Waals surface area contributed by atoms with Gasteiger partial charge in [-0.15, -0.1) is 5.11 Å². The molecule has 0 heterocycles. The predicted octanol–water partition coefficient (Wildman–Crippen LogP) is 6.65. The smallest absolute Gasteiger partial charge is 0.331 e. The zero-order valence-corrected chi connectivity index (χ0v) is 21.2. The van der Waals surface area contributed by atoms with Crippen molar-refractivity contribution in [2.45, 2.75) is 65.2 Å². The summed E-state index contributed by atoms with van der Waals surface area (Å²) in [6.07, 6.45) is -1.19. The van der Waals surface area contributed by atoms with Crippen LogP contribution in [0.4, 0.5) is 13.2 Å². The lowest BCUT2D eigenvalue weighted by atomic mass is 9.71. The van der Waals surface area contributed by atoms with Gasteiger partial charge in [-0.2, -0.15) is 13.2 Å². The molecule has 198 valence electrons. The summed E-state index contributed by atoms with van der Waals surface area (Å²) >= 11 is 0. The maximum atomic E-state index is 13.6. The highest BCUT2D eigenvalue weighted by Crippen LogP contribution is 2.39. The second-order valence-electron chi connectivity index (χ2n) is 10.5. The highest BCUT2D eigenvalue weighted by atomic mass is 19.4. The van der Waals surface area contributed by atoms with Crippen LogP contribution in [0.25, 0.3) is 0 Å². The van der Waals surface area contributed by atoms with Crippen LogP contribution in [0.5, 0.6) is 0 Å². The van der Waals surface area contributed by atoms with Crippen LogP contribution < -0.4 is 5.32 Å².